The van der Waals surface area contributed by atoms with E-state index in [0.717, 1.165) is 18.3 Å². The van der Waals surface area contributed by atoms with Crippen molar-refractivity contribution in [1.82, 2.24) is 15.5 Å². The molecule has 0 atom stereocenters. The lowest BCUT2D eigenvalue weighted by Gasteiger charge is -2.23. The SMILES string of the molecule is CN=C(NCCNC(=O)CC1CCCCC1)N(C)Cc1ccc(OC)cc1.I. The number of halogens is 1. The molecule has 1 aliphatic rings. The zero-order valence-electron chi connectivity index (χ0n) is 17.4. The third-order valence-electron chi connectivity index (χ3n) is 5.08. The molecule has 1 aromatic carbocycles. The number of rotatable bonds is 8. The van der Waals surface area contributed by atoms with Crippen molar-refractivity contribution >= 4 is 35.8 Å². The van der Waals surface area contributed by atoms with Gasteiger partial charge in [-0.1, -0.05) is 31.4 Å². The molecule has 0 bridgehead atoms. The summed E-state index contributed by atoms with van der Waals surface area (Å²) in [6.45, 7) is 2.02. The smallest absolute Gasteiger partial charge is 0.220 e. The van der Waals surface area contributed by atoms with Crippen LogP contribution < -0.4 is 15.4 Å². The second-order valence-electron chi connectivity index (χ2n) is 7.24. The van der Waals surface area contributed by atoms with E-state index in [1.54, 1.807) is 14.2 Å². The number of nitrogens with one attached hydrogen (secondary N) is 2. The highest BCUT2D eigenvalue weighted by molar-refractivity contribution is 14.0. The quantitative estimate of drug-likeness (QED) is 0.248. The van der Waals surface area contributed by atoms with E-state index in [-0.39, 0.29) is 29.9 Å². The molecule has 1 fully saturated rings. The number of aliphatic imine (C=N–C) groups is 1. The van der Waals surface area contributed by atoms with Gasteiger partial charge < -0.3 is 20.3 Å². The van der Waals surface area contributed by atoms with Crippen molar-refractivity contribution in [2.75, 3.05) is 34.3 Å². The normalized spacial score (nSPS) is 14.8. The summed E-state index contributed by atoms with van der Waals surface area (Å²) in [7, 11) is 5.44. The van der Waals surface area contributed by atoms with Gasteiger partial charge in [0.15, 0.2) is 5.96 Å². The van der Waals surface area contributed by atoms with Crippen LogP contribution in [0.1, 0.15) is 44.1 Å². The van der Waals surface area contributed by atoms with Crippen molar-refractivity contribution < 1.29 is 9.53 Å². The van der Waals surface area contributed by atoms with E-state index < -0.39 is 0 Å². The highest BCUT2D eigenvalue weighted by atomic mass is 127. The number of carbonyl (C=O) groups excluding carboxylic acids is 1. The predicted molar refractivity (Wildman–Crippen MR) is 125 cm³/mol. The first kappa shape index (κ1) is 24.5. The first-order chi connectivity index (χ1) is 13.1. The molecular formula is C21H35IN4O2. The molecular weight excluding hydrogens is 467 g/mol. The van der Waals surface area contributed by atoms with E-state index in [9.17, 15) is 4.79 Å². The number of guanidine groups is 1. The molecule has 0 aliphatic heterocycles. The van der Waals surface area contributed by atoms with Crippen LogP contribution in [0.4, 0.5) is 0 Å². The fourth-order valence-corrected chi connectivity index (χ4v) is 3.57. The summed E-state index contributed by atoms with van der Waals surface area (Å²) >= 11 is 0. The summed E-state index contributed by atoms with van der Waals surface area (Å²) in [5.41, 5.74) is 1.18. The predicted octanol–water partition coefficient (Wildman–Crippen LogP) is 3.41. The summed E-state index contributed by atoms with van der Waals surface area (Å²) in [6, 6.07) is 8.02. The van der Waals surface area contributed by atoms with E-state index in [0.29, 0.717) is 25.4 Å². The molecule has 1 aliphatic carbocycles. The van der Waals surface area contributed by atoms with Gasteiger partial charge in [0.25, 0.3) is 0 Å². The van der Waals surface area contributed by atoms with Gasteiger partial charge in [-0.05, 0) is 36.5 Å². The van der Waals surface area contributed by atoms with Gasteiger partial charge in [0.2, 0.25) is 5.91 Å². The van der Waals surface area contributed by atoms with Crippen LogP contribution >= 0.6 is 24.0 Å². The van der Waals surface area contributed by atoms with Gasteiger partial charge in [0, 0.05) is 40.2 Å². The third-order valence-corrected chi connectivity index (χ3v) is 5.08. The number of hydrogen-bond acceptors (Lipinski definition) is 3. The monoisotopic (exact) mass is 502 g/mol. The van der Waals surface area contributed by atoms with Gasteiger partial charge in [-0.15, -0.1) is 24.0 Å². The second-order valence-corrected chi connectivity index (χ2v) is 7.24. The Morgan fingerprint density at radius 3 is 2.39 bits per heavy atom. The van der Waals surface area contributed by atoms with Crippen molar-refractivity contribution in [3.63, 3.8) is 0 Å². The number of methoxy groups -OCH3 is 1. The summed E-state index contributed by atoms with van der Waals surface area (Å²) in [6.07, 6.45) is 6.95. The first-order valence-electron chi connectivity index (χ1n) is 9.93. The highest BCUT2D eigenvalue weighted by Crippen LogP contribution is 2.25. The molecule has 0 spiro atoms. The molecule has 2 rings (SSSR count). The molecule has 0 heterocycles. The summed E-state index contributed by atoms with van der Waals surface area (Å²) in [4.78, 5) is 18.4. The Morgan fingerprint density at radius 1 is 1.14 bits per heavy atom. The molecule has 1 amide bonds. The number of benzene rings is 1. The van der Waals surface area contributed by atoms with Gasteiger partial charge in [-0.3, -0.25) is 9.79 Å². The average molecular weight is 502 g/mol. The zero-order valence-corrected chi connectivity index (χ0v) is 19.7. The lowest BCUT2D eigenvalue weighted by molar-refractivity contribution is -0.122. The Morgan fingerprint density at radius 2 is 1.79 bits per heavy atom. The molecule has 158 valence electrons. The Bertz CT molecular complexity index is 601. The van der Waals surface area contributed by atoms with Crippen molar-refractivity contribution in [3.8, 4) is 5.75 Å². The minimum absolute atomic E-state index is 0. The molecule has 6 nitrogen and oxygen atoms in total. The van der Waals surface area contributed by atoms with Crippen LogP contribution in [0.3, 0.4) is 0 Å². The molecule has 1 saturated carbocycles. The molecule has 28 heavy (non-hydrogen) atoms. The van der Waals surface area contributed by atoms with Crippen molar-refractivity contribution in [3.05, 3.63) is 29.8 Å². The van der Waals surface area contributed by atoms with Gasteiger partial charge in [0.05, 0.1) is 7.11 Å². The van der Waals surface area contributed by atoms with Crippen LogP contribution in [-0.4, -0.2) is 51.1 Å². The van der Waals surface area contributed by atoms with Gasteiger partial charge >= 0.3 is 0 Å². The maximum atomic E-state index is 12.1. The Labute approximate surface area is 186 Å². The summed E-state index contributed by atoms with van der Waals surface area (Å²) in [5.74, 6) is 2.42. The van der Waals surface area contributed by atoms with E-state index in [1.807, 2.05) is 31.3 Å². The number of ether oxygens (including phenoxy) is 1. The zero-order chi connectivity index (χ0) is 19.5. The average Bonchev–Trinajstić information content (AvgIpc) is 2.69. The second kappa shape index (κ2) is 13.6. The minimum Gasteiger partial charge on any atom is -0.497 e. The lowest BCUT2D eigenvalue weighted by atomic mass is 9.87. The maximum absolute atomic E-state index is 12.1. The van der Waals surface area contributed by atoms with E-state index >= 15 is 0 Å². The van der Waals surface area contributed by atoms with Crippen molar-refractivity contribution in [1.29, 1.82) is 0 Å². The molecule has 0 unspecified atom stereocenters. The van der Waals surface area contributed by atoms with E-state index in [1.165, 1.54) is 37.7 Å². The number of amides is 1. The van der Waals surface area contributed by atoms with Crippen LogP contribution in [0.25, 0.3) is 0 Å². The molecule has 0 saturated heterocycles. The van der Waals surface area contributed by atoms with Crippen LogP contribution in [0.15, 0.2) is 29.3 Å². The lowest BCUT2D eigenvalue weighted by Crippen LogP contribution is -2.42. The largest absolute Gasteiger partial charge is 0.497 e. The van der Waals surface area contributed by atoms with Crippen LogP contribution in [0.2, 0.25) is 0 Å². The van der Waals surface area contributed by atoms with Crippen LogP contribution in [-0.2, 0) is 11.3 Å². The fourth-order valence-electron chi connectivity index (χ4n) is 3.57. The molecule has 2 N–H and O–H groups in total. The third kappa shape index (κ3) is 8.67. The van der Waals surface area contributed by atoms with Crippen LogP contribution in [0.5, 0.6) is 5.75 Å². The number of nitrogens with zero attached hydrogens (tertiary/aromatic N) is 2. The molecule has 0 radical (unpaired) electrons. The van der Waals surface area contributed by atoms with Crippen molar-refractivity contribution in [2.45, 2.75) is 45.1 Å². The standard InChI is InChI=1S/C21H34N4O2.HI/c1-22-21(25(2)16-18-9-11-19(27-3)12-10-18)24-14-13-23-20(26)15-17-7-5-4-6-8-17;/h9-12,17H,4-8,13-16H2,1-3H3,(H,22,24)(H,23,26);1H. The van der Waals surface area contributed by atoms with E-state index in [4.69, 9.17) is 4.74 Å². The Kier molecular flexibility index (Phi) is 11.9. The van der Waals surface area contributed by atoms with Gasteiger partial charge in [0.1, 0.15) is 5.75 Å². The topological polar surface area (TPSA) is 66.0 Å². The molecule has 1 aromatic rings. The number of hydrogen-bond donors (Lipinski definition) is 2. The highest BCUT2D eigenvalue weighted by Gasteiger charge is 2.16. The van der Waals surface area contributed by atoms with Gasteiger partial charge in [-0.2, -0.15) is 0 Å². The Hall–Kier alpha value is -1.51. The van der Waals surface area contributed by atoms with Crippen LogP contribution in [0, 0.1) is 5.92 Å². The fraction of sp³-hybridized carbons (Fsp3) is 0.619. The van der Waals surface area contributed by atoms with Gasteiger partial charge in [-0.25, -0.2) is 0 Å². The van der Waals surface area contributed by atoms with Crippen molar-refractivity contribution in [2.24, 2.45) is 10.9 Å². The minimum atomic E-state index is 0. The summed E-state index contributed by atoms with van der Waals surface area (Å²) in [5, 5.41) is 6.33. The Balaban J connectivity index is 0.00000392. The van der Waals surface area contributed by atoms with E-state index in [2.05, 4.69) is 20.5 Å². The number of carbonyl (C=O) groups is 1. The first-order valence-corrected chi connectivity index (χ1v) is 9.93. The summed E-state index contributed by atoms with van der Waals surface area (Å²) < 4.78 is 5.19. The molecule has 7 heteroatoms. The molecule has 0 aromatic heterocycles. The maximum Gasteiger partial charge on any atom is 0.220 e.